The van der Waals surface area contributed by atoms with Gasteiger partial charge in [0.1, 0.15) is 73.2 Å². The van der Waals surface area contributed by atoms with E-state index in [1.807, 2.05) is 6.08 Å². The van der Waals surface area contributed by atoms with Crippen LogP contribution in [0.15, 0.2) is 97.2 Å². The monoisotopic (exact) mass is 1430 g/mol. The third-order valence-electron chi connectivity index (χ3n) is 19.3. The van der Waals surface area contributed by atoms with Crippen LogP contribution in [0.3, 0.4) is 0 Å². The Bertz CT molecular complexity index is 2200. The molecule has 0 bridgehead atoms. The molecule has 3 saturated heterocycles. The van der Waals surface area contributed by atoms with Gasteiger partial charge in [0.15, 0.2) is 18.9 Å². The summed E-state index contributed by atoms with van der Waals surface area (Å²) in [6.07, 6.45) is 56.8. The fourth-order valence-electron chi connectivity index (χ4n) is 13.0. The van der Waals surface area contributed by atoms with Crippen LogP contribution in [0.25, 0.3) is 0 Å². The number of carbonyl (C=O) groups is 1. The van der Waals surface area contributed by atoms with Crippen LogP contribution >= 0.6 is 0 Å². The van der Waals surface area contributed by atoms with Crippen molar-refractivity contribution < 1.29 is 89.4 Å². The Kier molecular flexibility index (Phi) is 56.3. The predicted molar refractivity (Wildman–Crippen MR) is 401 cm³/mol. The molecule has 0 spiro atoms. The van der Waals surface area contributed by atoms with Gasteiger partial charge in [0.05, 0.1) is 38.6 Å². The summed E-state index contributed by atoms with van der Waals surface area (Å²) in [5, 5.41) is 121. The van der Waals surface area contributed by atoms with Crippen molar-refractivity contribution >= 4 is 5.91 Å². The molecule has 0 radical (unpaired) electrons. The highest BCUT2D eigenvalue weighted by Gasteiger charge is 2.54. The molecular formula is C82H143NO18. The van der Waals surface area contributed by atoms with Crippen LogP contribution in [-0.4, -0.2) is 193 Å². The van der Waals surface area contributed by atoms with Crippen molar-refractivity contribution in [2.24, 2.45) is 0 Å². The minimum Gasteiger partial charge on any atom is -0.394 e. The number of ether oxygens (including phenoxy) is 6. The summed E-state index contributed by atoms with van der Waals surface area (Å²) < 4.78 is 34.4. The van der Waals surface area contributed by atoms with Crippen LogP contribution in [0.2, 0.25) is 0 Å². The number of rotatable bonds is 62. The molecule has 0 aromatic carbocycles. The van der Waals surface area contributed by atoms with Crippen molar-refractivity contribution in [1.29, 1.82) is 0 Å². The first-order valence-electron chi connectivity index (χ1n) is 40.0. The molecule has 19 nitrogen and oxygen atoms in total. The van der Waals surface area contributed by atoms with E-state index in [0.29, 0.717) is 12.8 Å². The molecule has 1 amide bonds. The summed E-state index contributed by atoms with van der Waals surface area (Å²) in [4.78, 5) is 13.5. The highest BCUT2D eigenvalue weighted by atomic mass is 16.8. The van der Waals surface area contributed by atoms with Crippen molar-refractivity contribution in [3.8, 4) is 0 Å². The van der Waals surface area contributed by atoms with E-state index < -0.39 is 124 Å². The molecule has 19 heteroatoms. The Hall–Kier alpha value is -3.29. The lowest BCUT2D eigenvalue weighted by atomic mass is 9.96. The van der Waals surface area contributed by atoms with Gasteiger partial charge in [0, 0.05) is 6.42 Å². The smallest absolute Gasteiger partial charge is 0.220 e. The van der Waals surface area contributed by atoms with Gasteiger partial charge in [-0.2, -0.15) is 0 Å². The van der Waals surface area contributed by atoms with Gasteiger partial charge in [0.2, 0.25) is 5.91 Å². The molecule has 0 aromatic rings. The molecule has 0 saturated carbocycles. The van der Waals surface area contributed by atoms with E-state index in [0.717, 1.165) is 83.5 Å². The Balaban J connectivity index is 1.39. The maximum atomic E-state index is 13.5. The standard InChI is InChI=1S/C82H143NO18/c1-3-5-7-9-11-13-15-17-19-21-23-25-27-29-30-31-32-33-34-36-38-40-42-44-46-48-50-52-54-56-58-60-70(88)83-65(66(87)59-57-55-53-51-49-47-45-43-41-39-37-35-28-26-24-22-20-18-16-14-12-10-8-6-4-2)64-96-80-76(94)73(91)78(68(62-85)98-80)101-82-77(95)74(92)79(69(63-86)99-82)100-81-75(93)72(90)71(89)67(61-84)97-81/h5,7,11,13,17,19,23,25,29-30,41,43,49,51,57,59,65-69,71-82,84-87,89-95H,3-4,6,8-10,12,14-16,18,20-22,24,26-28,31-40,42,44-48,50,52-56,58,60-64H2,1-2H3,(H,83,88)/b7-5-,13-11-,19-17-,25-23-,30-29-,43-41+,51-49+,59-57+. The SMILES string of the molecule is CC/C=C\C/C=C\C/C=C\C/C=C\C/C=C\CCCCCCCCCCCCCCCCCC(=O)NC(COC1OC(CO)C(OC2OC(CO)C(OC3OC(CO)C(O)C(O)C3O)C(O)C2O)C(O)C1O)C(O)/C=C/CC/C=C/CC/C=C/CCCCCCCCCCCCCCCCC. The highest BCUT2D eigenvalue weighted by molar-refractivity contribution is 5.76. The maximum absolute atomic E-state index is 13.5. The first-order valence-corrected chi connectivity index (χ1v) is 40.0. The van der Waals surface area contributed by atoms with Gasteiger partial charge in [-0.25, -0.2) is 0 Å². The number of hydrogen-bond acceptors (Lipinski definition) is 18. The van der Waals surface area contributed by atoms with Crippen LogP contribution in [0.4, 0.5) is 0 Å². The number of aliphatic hydroxyl groups excluding tert-OH is 11. The van der Waals surface area contributed by atoms with Gasteiger partial charge in [-0.1, -0.05) is 284 Å². The second-order valence-electron chi connectivity index (χ2n) is 28.1. The fourth-order valence-corrected chi connectivity index (χ4v) is 13.0. The van der Waals surface area contributed by atoms with Gasteiger partial charge in [0.25, 0.3) is 0 Å². The Labute approximate surface area is 609 Å². The molecule has 3 heterocycles. The Morgan fingerprint density at radius 3 is 1.11 bits per heavy atom. The van der Waals surface area contributed by atoms with Gasteiger partial charge >= 0.3 is 0 Å². The highest BCUT2D eigenvalue weighted by Crippen LogP contribution is 2.33. The number of allylic oxidation sites excluding steroid dienone is 15. The minimum atomic E-state index is -1.99. The molecule has 0 aliphatic carbocycles. The molecule has 3 fully saturated rings. The van der Waals surface area contributed by atoms with Crippen LogP contribution in [0.1, 0.15) is 284 Å². The summed E-state index contributed by atoms with van der Waals surface area (Å²) in [6, 6.07) is -1.00. The molecule has 17 atom stereocenters. The normalized spacial score (nSPS) is 26.8. The summed E-state index contributed by atoms with van der Waals surface area (Å²) in [7, 11) is 0. The van der Waals surface area contributed by atoms with Crippen molar-refractivity contribution in [1.82, 2.24) is 5.32 Å². The number of aliphatic hydroxyl groups is 11. The second kappa shape index (κ2) is 61.8. The van der Waals surface area contributed by atoms with Crippen molar-refractivity contribution in [2.45, 2.75) is 388 Å². The van der Waals surface area contributed by atoms with Crippen molar-refractivity contribution in [3.05, 3.63) is 97.2 Å². The van der Waals surface area contributed by atoms with Crippen LogP contribution in [0, 0.1) is 0 Å². The average Bonchev–Trinajstić information content (AvgIpc) is 0.792. The van der Waals surface area contributed by atoms with E-state index in [9.17, 15) is 61.0 Å². The van der Waals surface area contributed by atoms with Crippen molar-refractivity contribution in [2.75, 3.05) is 26.4 Å². The lowest BCUT2D eigenvalue weighted by molar-refractivity contribution is -0.379. The van der Waals surface area contributed by atoms with Gasteiger partial charge in [-0.3, -0.25) is 4.79 Å². The van der Waals surface area contributed by atoms with E-state index in [1.165, 1.54) is 167 Å². The van der Waals surface area contributed by atoms with Crippen LogP contribution in [0.5, 0.6) is 0 Å². The molecule has 3 aliphatic rings. The number of carbonyl (C=O) groups excluding carboxylic acids is 1. The van der Waals surface area contributed by atoms with Crippen LogP contribution < -0.4 is 5.32 Å². The van der Waals surface area contributed by atoms with Crippen LogP contribution in [-0.2, 0) is 33.2 Å². The topological polar surface area (TPSA) is 307 Å². The van der Waals surface area contributed by atoms with E-state index in [2.05, 4.69) is 104 Å². The Morgan fingerprint density at radius 1 is 0.366 bits per heavy atom. The molecule has 17 unspecified atom stereocenters. The zero-order valence-corrected chi connectivity index (χ0v) is 62.4. The van der Waals surface area contributed by atoms with Gasteiger partial charge < -0.3 is 89.9 Å². The van der Waals surface area contributed by atoms with E-state index in [-0.39, 0.29) is 18.9 Å². The van der Waals surface area contributed by atoms with Gasteiger partial charge in [-0.15, -0.1) is 0 Å². The third kappa shape index (κ3) is 42.0. The summed E-state index contributed by atoms with van der Waals surface area (Å²) in [6.45, 7) is 1.62. The van der Waals surface area contributed by atoms with Crippen molar-refractivity contribution in [3.63, 3.8) is 0 Å². The van der Waals surface area contributed by atoms with E-state index in [4.69, 9.17) is 28.4 Å². The molecule has 3 rings (SSSR count). The quantitative estimate of drug-likeness (QED) is 0.0199. The molecule has 101 heavy (non-hydrogen) atoms. The summed E-state index contributed by atoms with van der Waals surface area (Å²) in [5.74, 6) is -0.290. The number of unbranched alkanes of at least 4 members (excludes halogenated alkanes) is 32. The molecule has 584 valence electrons. The molecule has 0 aromatic heterocycles. The summed E-state index contributed by atoms with van der Waals surface area (Å²) >= 11 is 0. The maximum Gasteiger partial charge on any atom is 0.220 e. The summed E-state index contributed by atoms with van der Waals surface area (Å²) in [5.41, 5.74) is 0. The second-order valence-corrected chi connectivity index (χ2v) is 28.1. The minimum absolute atomic E-state index is 0.227. The Morgan fingerprint density at radius 2 is 0.693 bits per heavy atom. The molecular weight excluding hydrogens is 1290 g/mol. The zero-order valence-electron chi connectivity index (χ0n) is 62.4. The molecule has 12 N–H and O–H groups in total. The van der Waals surface area contributed by atoms with Gasteiger partial charge in [-0.05, 0) is 89.9 Å². The lowest BCUT2D eigenvalue weighted by Gasteiger charge is -2.48. The predicted octanol–water partition coefficient (Wildman–Crippen LogP) is 13.2. The molecule has 3 aliphatic heterocycles. The lowest BCUT2D eigenvalue weighted by Crippen LogP contribution is -2.66. The largest absolute Gasteiger partial charge is 0.394 e. The fraction of sp³-hybridized carbons (Fsp3) is 0.793. The van der Waals surface area contributed by atoms with E-state index in [1.54, 1.807) is 6.08 Å². The average molecular weight is 1430 g/mol. The first kappa shape index (κ1) is 91.9. The zero-order chi connectivity index (χ0) is 73.2. The number of nitrogens with one attached hydrogen (secondary N) is 1. The third-order valence-corrected chi connectivity index (χ3v) is 19.3. The number of amides is 1. The van der Waals surface area contributed by atoms with E-state index >= 15 is 0 Å². The number of hydrogen-bond donors (Lipinski definition) is 12. The first-order chi connectivity index (χ1) is 49.3.